The normalized spacial score (nSPS) is 13.8. The van der Waals surface area contributed by atoms with Crippen LogP contribution in [0.15, 0.2) is 11.2 Å². The Morgan fingerprint density at radius 2 is 2.11 bits per heavy atom. The smallest absolute Gasteiger partial charge is 0.327 e. The maximum Gasteiger partial charge on any atom is 0.327 e. The lowest BCUT2D eigenvalue weighted by Crippen LogP contribution is -1.99. The highest BCUT2D eigenvalue weighted by atomic mass is 32.2. The lowest BCUT2D eigenvalue weighted by atomic mass is 10.5. The summed E-state index contributed by atoms with van der Waals surface area (Å²) in [6.45, 7) is 1.64. The van der Waals surface area contributed by atoms with Crippen molar-refractivity contribution >= 4 is 10.1 Å². The van der Waals surface area contributed by atoms with Gasteiger partial charge in [-0.2, -0.15) is 8.42 Å². The van der Waals surface area contributed by atoms with E-state index in [1.54, 1.807) is 6.92 Å². The summed E-state index contributed by atoms with van der Waals surface area (Å²) in [5.41, 5.74) is 0. The van der Waals surface area contributed by atoms with Crippen molar-refractivity contribution in [3.05, 3.63) is 11.2 Å². The number of aliphatic hydroxyl groups excluding tert-OH is 1. The van der Waals surface area contributed by atoms with Crippen molar-refractivity contribution in [1.29, 1.82) is 0 Å². The van der Waals surface area contributed by atoms with Crippen LogP contribution in [0.25, 0.3) is 0 Å². The fourth-order valence-electron chi connectivity index (χ4n) is 0.280. The topological polar surface area (TPSA) is 74.6 Å². The summed E-state index contributed by atoms with van der Waals surface area (Å²) in [5.74, 6) is 0. The van der Waals surface area contributed by atoms with Crippen LogP contribution in [0.4, 0.5) is 0 Å². The highest BCUT2D eigenvalue weighted by Crippen LogP contribution is 1.98. The van der Waals surface area contributed by atoms with Crippen molar-refractivity contribution in [2.24, 2.45) is 0 Å². The molecule has 0 aromatic rings. The van der Waals surface area contributed by atoms with E-state index in [4.69, 9.17) is 9.66 Å². The Morgan fingerprint density at radius 1 is 1.67 bits per heavy atom. The molecule has 0 aromatic heterocycles. The number of hydrogen-bond acceptors (Lipinski definition) is 3. The van der Waals surface area contributed by atoms with E-state index in [1.807, 2.05) is 0 Å². The van der Waals surface area contributed by atoms with Gasteiger partial charge < -0.3 is 5.11 Å². The van der Waals surface area contributed by atoms with Gasteiger partial charge in [0.1, 0.15) is 0 Å². The molecule has 0 rings (SSSR count). The summed E-state index contributed by atoms with van der Waals surface area (Å²) in [7, 11) is -4.35. The first kappa shape index (κ1) is 8.45. The lowest BCUT2D eigenvalue weighted by Gasteiger charge is -1.90. The van der Waals surface area contributed by atoms with Gasteiger partial charge in [0.2, 0.25) is 5.09 Å². The van der Waals surface area contributed by atoms with Crippen LogP contribution in [0.2, 0.25) is 0 Å². The molecule has 0 atom stereocenters. The number of hydrogen-bond donors (Lipinski definition) is 2. The molecule has 0 aliphatic carbocycles. The summed E-state index contributed by atoms with van der Waals surface area (Å²) >= 11 is 0. The third-order valence-corrected chi connectivity index (χ3v) is 1.34. The first-order valence-electron chi connectivity index (χ1n) is 2.35. The van der Waals surface area contributed by atoms with E-state index < -0.39 is 15.2 Å². The minimum atomic E-state index is -4.35. The monoisotopic (exact) mass is 152 g/mol. The Kier molecular flexibility index (Phi) is 2.66. The molecule has 0 aliphatic heterocycles. The van der Waals surface area contributed by atoms with Gasteiger partial charge in [-0.15, -0.1) is 0 Å². The molecule has 54 valence electrons. The Hall–Kier alpha value is -0.550. The van der Waals surface area contributed by atoms with Crippen LogP contribution in [0.1, 0.15) is 13.3 Å². The molecule has 0 heterocycles. The molecule has 0 bridgehead atoms. The molecule has 0 aromatic carbocycles. The molecule has 2 N–H and O–H groups in total. The van der Waals surface area contributed by atoms with Crippen molar-refractivity contribution in [3.8, 4) is 0 Å². The molecule has 0 aliphatic rings. The zero-order chi connectivity index (χ0) is 7.49. The summed E-state index contributed by atoms with van der Waals surface area (Å²) in [6.07, 6.45) is 1.38. The van der Waals surface area contributed by atoms with E-state index in [2.05, 4.69) is 0 Å². The largest absolute Gasteiger partial charge is 0.497 e. The fraction of sp³-hybridized carbons (Fsp3) is 0.500. The molecule has 0 spiro atoms. The molecular weight excluding hydrogens is 144 g/mol. The van der Waals surface area contributed by atoms with Crippen molar-refractivity contribution < 1.29 is 18.1 Å². The third kappa shape index (κ3) is 3.10. The van der Waals surface area contributed by atoms with Crippen molar-refractivity contribution in [2.45, 2.75) is 13.3 Å². The van der Waals surface area contributed by atoms with Gasteiger partial charge in [-0.1, -0.05) is 6.92 Å². The van der Waals surface area contributed by atoms with E-state index >= 15 is 0 Å². The molecule has 0 saturated carbocycles. The summed E-state index contributed by atoms with van der Waals surface area (Å²) in [6, 6.07) is 0. The quantitative estimate of drug-likeness (QED) is 0.450. The van der Waals surface area contributed by atoms with E-state index in [1.165, 1.54) is 0 Å². The lowest BCUT2D eigenvalue weighted by molar-refractivity contribution is 0.404. The van der Waals surface area contributed by atoms with Crippen LogP contribution in [0, 0.1) is 0 Å². The van der Waals surface area contributed by atoms with Crippen LogP contribution < -0.4 is 0 Å². The zero-order valence-corrected chi connectivity index (χ0v) is 5.72. The molecule has 9 heavy (non-hydrogen) atoms. The predicted molar refractivity (Wildman–Crippen MR) is 32.6 cm³/mol. The Labute approximate surface area is 53.6 Å². The third-order valence-electron chi connectivity index (χ3n) is 0.643. The molecular formula is C4H8O4S. The van der Waals surface area contributed by atoms with E-state index in [0.717, 1.165) is 6.08 Å². The van der Waals surface area contributed by atoms with E-state index in [-0.39, 0.29) is 0 Å². The molecule has 0 fully saturated rings. The molecule has 0 amide bonds. The van der Waals surface area contributed by atoms with Gasteiger partial charge >= 0.3 is 10.1 Å². The second-order valence-electron chi connectivity index (χ2n) is 1.43. The average molecular weight is 152 g/mol. The minimum Gasteiger partial charge on any atom is -0.497 e. The van der Waals surface area contributed by atoms with Gasteiger partial charge in [0, 0.05) is 0 Å². The van der Waals surface area contributed by atoms with Gasteiger partial charge in [0.15, 0.2) is 0 Å². The Bertz CT molecular complexity index is 201. The second kappa shape index (κ2) is 2.84. The van der Waals surface area contributed by atoms with Crippen LogP contribution in [-0.4, -0.2) is 18.1 Å². The maximum absolute atomic E-state index is 9.96. The van der Waals surface area contributed by atoms with Gasteiger partial charge in [-0.05, 0) is 12.5 Å². The van der Waals surface area contributed by atoms with Crippen LogP contribution in [0.5, 0.6) is 0 Å². The number of allylic oxidation sites excluding steroid dienone is 1. The van der Waals surface area contributed by atoms with Gasteiger partial charge in [0.25, 0.3) is 0 Å². The van der Waals surface area contributed by atoms with Crippen LogP contribution >= 0.6 is 0 Å². The summed E-state index contributed by atoms with van der Waals surface area (Å²) in [4.78, 5) is 0. The minimum absolute atomic E-state index is 0.367. The van der Waals surface area contributed by atoms with E-state index in [0.29, 0.717) is 6.42 Å². The maximum atomic E-state index is 9.96. The van der Waals surface area contributed by atoms with Crippen molar-refractivity contribution in [2.75, 3.05) is 0 Å². The van der Waals surface area contributed by atoms with Crippen LogP contribution in [-0.2, 0) is 10.1 Å². The first-order valence-corrected chi connectivity index (χ1v) is 3.79. The standard InChI is InChI=1S/C4H8O4S/c1-2-3-4(5)9(6,7)8/h3,5H,2H2,1H3,(H,6,7,8). The molecule has 0 unspecified atom stereocenters. The molecule has 5 heteroatoms. The molecule has 0 saturated heterocycles. The van der Waals surface area contributed by atoms with Gasteiger partial charge in [-0.3, -0.25) is 4.55 Å². The van der Waals surface area contributed by atoms with Crippen LogP contribution in [0.3, 0.4) is 0 Å². The van der Waals surface area contributed by atoms with Crippen molar-refractivity contribution in [3.63, 3.8) is 0 Å². The summed E-state index contributed by atoms with van der Waals surface area (Å²) < 4.78 is 28.0. The number of aliphatic hydroxyl groups is 1. The Balaban J connectivity index is 4.41. The predicted octanol–water partition coefficient (Wildman–Crippen LogP) is 0.684. The average Bonchev–Trinajstić information content (AvgIpc) is 1.64. The second-order valence-corrected chi connectivity index (χ2v) is 2.79. The highest BCUT2D eigenvalue weighted by Gasteiger charge is 2.08. The zero-order valence-electron chi connectivity index (χ0n) is 4.90. The Morgan fingerprint density at radius 3 is 2.22 bits per heavy atom. The van der Waals surface area contributed by atoms with E-state index in [9.17, 15) is 8.42 Å². The van der Waals surface area contributed by atoms with Gasteiger partial charge in [0.05, 0.1) is 0 Å². The number of rotatable bonds is 2. The first-order chi connectivity index (χ1) is 3.98. The van der Waals surface area contributed by atoms with Crippen molar-refractivity contribution in [1.82, 2.24) is 0 Å². The van der Waals surface area contributed by atoms with Gasteiger partial charge in [-0.25, -0.2) is 0 Å². The SMILES string of the molecule is CCC=C(O)S(=O)(=O)O. The summed E-state index contributed by atoms with van der Waals surface area (Å²) in [5, 5.41) is 7.43. The highest BCUT2D eigenvalue weighted by molar-refractivity contribution is 7.89. The molecule has 4 nitrogen and oxygen atoms in total. The fourth-order valence-corrected chi connectivity index (χ4v) is 0.657. The molecule has 0 radical (unpaired) electrons.